The van der Waals surface area contributed by atoms with Crippen molar-refractivity contribution < 1.29 is 19.1 Å². The summed E-state index contributed by atoms with van der Waals surface area (Å²) in [6.45, 7) is 5.92. The van der Waals surface area contributed by atoms with Gasteiger partial charge in [0.15, 0.2) is 0 Å². The first kappa shape index (κ1) is 16.1. The number of carbonyl (C=O) groups excluding carboxylic acids is 2. The van der Waals surface area contributed by atoms with Crippen LogP contribution in [0.4, 0.5) is 4.79 Å². The average molecular weight is 289 g/mol. The fourth-order valence-electron chi connectivity index (χ4n) is 1.84. The molecule has 0 heterocycles. The van der Waals surface area contributed by atoms with E-state index in [9.17, 15) is 9.59 Å². The van der Waals surface area contributed by atoms with E-state index in [1.54, 1.807) is 0 Å². The Balaban J connectivity index is 2.10. The average Bonchev–Trinajstić information content (AvgIpc) is 2.18. The third kappa shape index (κ3) is 6.71. The summed E-state index contributed by atoms with van der Waals surface area (Å²) in [5.74, 6) is 0.633. The summed E-state index contributed by atoms with van der Waals surface area (Å²) in [4.78, 5) is 22.6. The van der Waals surface area contributed by atoms with Gasteiger partial charge in [0.25, 0.3) is 0 Å². The molecule has 0 aliphatic heterocycles. The normalized spacial score (nSPS) is 22.3. The summed E-state index contributed by atoms with van der Waals surface area (Å²) in [6, 6.07) is 0.128. The van der Waals surface area contributed by atoms with Gasteiger partial charge in [-0.15, -0.1) is 0 Å². The van der Waals surface area contributed by atoms with Crippen molar-refractivity contribution in [2.45, 2.75) is 51.7 Å². The number of thiol groups is 1. The first-order valence-corrected chi connectivity index (χ1v) is 7.19. The number of alkyl carbamates (subject to hydrolysis) is 1. The lowest BCUT2D eigenvalue weighted by atomic mass is 9.81. The Morgan fingerprint density at radius 2 is 1.95 bits per heavy atom. The van der Waals surface area contributed by atoms with Crippen molar-refractivity contribution in [2.24, 2.45) is 5.92 Å². The molecule has 1 N–H and O–H groups in total. The largest absolute Gasteiger partial charge is 0.465 e. The number of hydrogen-bond acceptors (Lipinski definition) is 5. The van der Waals surface area contributed by atoms with E-state index in [0.717, 1.165) is 12.8 Å². The molecule has 1 aliphatic rings. The first-order valence-electron chi connectivity index (χ1n) is 6.56. The van der Waals surface area contributed by atoms with Crippen LogP contribution in [-0.2, 0) is 14.3 Å². The van der Waals surface area contributed by atoms with Crippen LogP contribution < -0.4 is 5.32 Å². The van der Waals surface area contributed by atoms with Crippen LogP contribution in [0.5, 0.6) is 0 Å². The fourth-order valence-corrected chi connectivity index (χ4v) is 2.02. The second kappa shape index (κ2) is 7.03. The highest BCUT2D eigenvalue weighted by Gasteiger charge is 2.32. The van der Waals surface area contributed by atoms with E-state index in [0.29, 0.717) is 24.7 Å². The summed E-state index contributed by atoms with van der Waals surface area (Å²) in [5, 5.41) is 2.80. The van der Waals surface area contributed by atoms with Gasteiger partial charge in [0.1, 0.15) is 5.60 Å². The van der Waals surface area contributed by atoms with Crippen LogP contribution in [0.3, 0.4) is 0 Å². The monoisotopic (exact) mass is 289 g/mol. The molecule has 0 aromatic carbocycles. The molecule has 0 saturated heterocycles. The number of ether oxygens (including phenoxy) is 2. The Bertz CT molecular complexity index is 321. The summed E-state index contributed by atoms with van der Waals surface area (Å²) < 4.78 is 10.3. The molecule has 0 spiro atoms. The molecule has 1 rings (SSSR count). The molecule has 0 aromatic heterocycles. The van der Waals surface area contributed by atoms with Gasteiger partial charge < -0.3 is 14.8 Å². The molecule has 1 aliphatic carbocycles. The minimum Gasteiger partial charge on any atom is -0.465 e. The third-order valence-electron chi connectivity index (χ3n) is 2.75. The quantitative estimate of drug-likeness (QED) is 0.601. The van der Waals surface area contributed by atoms with Crippen LogP contribution in [0.1, 0.15) is 40.0 Å². The molecule has 0 aromatic rings. The van der Waals surface area contributed by atoms with Crippen molar-refractivity contribution >= 4 is 24.7 Å². The Labute approximate surface area is 119 Å². The van der Waals surface area contributed by atoms with Crippen molar-refractivity contribution in [3.63, 3.8) is 0 Å². The van der Waals surface area contributed by atoms with Crippen molar-refractivity contribution in [1.82, 2.24) is 5.32 Å². The SMILES string of the molecule is CC(C)(C)OC(=O)NC1CC(COC(=O)CCS)C1. The Hall–Kier alpha value is -0.910. The van der Waals surface area contributed by atoms with Gasteiger partial charge in [0.05, 0.1) is 13.0 Å². The highest BCUT2D eigenvalue weighted by molar-refractivity contribution is 7.80. The van der Waals surface area contributed by atoms with Crippen LogP contribution in [-0.4, -0.2) is 36.1 Å². The molecule has 6 heteroatoms. The molecule has 0 radical (unpaired) electrons. The van der Waals surface area contributed by atoms with Crippen LogP contribution in [0.25, 0.3) is 0 Å². The standard InChI is InChI=1S/C13H23NO4S/c1-13(2,3)18-12(16)14-10-6-9(7-10)8-17-11(15)4-5-19/h9-10,19H,4-8H2,1-3H3,(H,14,16). The van der Waals surface area contributed by atoms with Gasteiger partial charge >= 0.3 is 12.1 Å². The van der Waals surface area contributed by atoms with Crippen molar-refractivity contribution in [3.05, 3.63) is 0 Å². The van der Waals surface area contributed by atoms with Crippen LogP contribution in [0.2, 0.25) is 0 Å². The molecule has 0 atom stereocenters. The zero-order valence-corrected chi connectivity index (χ0v) is 12.7. The molecule has 110 valence electrons. The zero-order valence-electron chi connectivity index (χ0n) is 11.8. The summed E-state index contributed by atoms with van der Waals surface area (Å²) in [5.41, 5.74) is -0.477. The summed E-state index contributed by atoms with van der Waals surface area (Å²) in [6.07, 6.45) is 1.61. The Morgan fingerprint density at radius 3 is 2.47 bits per heavy atom. The van der Waals surface area contributed by atoms with Gasteiger partial charge in [-0.3, -0.25) is 4.79 Å². The molecular weight excluding hydrogens is 266 g/mol. The predicted octanol–water partition coefficient (Wildman–Crippen LogP) is 2.15. The number of hydrogen-bond donors (Lipinski definition) is 2. The molecular formula is C13H23NO4S. The highest BCUT2D eigenvalue weighted by atomic mass is 32.1. The number of esters is 1. The van der Waals surface area contributed by atoms with Crippen molar-refractivity contribution in [2.75, 3.05) is 12.4 Å². The van der Waals surface area contributed by atoms with Crippen LogP contribution >= 0.6 is 12.6 Å². The van der Waals surface area contributed by atoms with E-state index in [2.05, 4.69) is 17.9 Å². The van der Waals surface area contributed by atoms with Gasteiger partial charge in [-0.2, -0.15) is 12.6 Å². The molecule has 5 nitrogen and oxygen atoms in total. The number of amides is 1. The maximum Gasteiger partial charge on any atom is 0.407 e. The lowest BCUT2D eigenvalue weighted by molar-refractivity contribution is -0.145. The second-order valence-electron chi connectivity index (χ2n) is 5.84. The minimum absolute atomic E-state index is 0.128. The number of carbonyl (C=O) groups is 2. The minimum atomic E-state index is -0.477. The van der Waals surface area contributed by atoms with Gasteiger partial charge in [0.2, 0.25) is 0 Å². The molecule has 1 amide bonds. The number of rotatable bonds is 5. The van der Waals surface area contributed by atoms with E-state index in [-0.39, 0.29) is 18.1 Å². The van der Waals surface area contributed by atoms with E-state index in [4.69, 9.17) is 9.47 Å². The maximum atomic E-state index is 11.5. The molecule has 19 heavy (non-hydrogen) atoms. The molecule has 0 bridgehead atoms. The molecule has 1 fully saturated rings. The summed E-state index contributed by atoms with van der Waals surface area (Å²) >= 11 is 3.96. The zero-order chi connectivity index (χ0) is 14.5. The van der Waals surface area contributed by atoms with Gasteiger partial charge in [-0.05, 0) is 39.5 Å². The Kier molecular flexibility index (Phi) is 5.97. The third-order valence-corrected chi connectivity index (χ3v) is 2.98. The predicted molar refractivity (Wildman–Crippen MR) is 75.3 cm³/mol. The van der Waals surface area contributed by atoms with Crippen molar-refractivity contribution in [1.29, 1.82) is 0 Å². The molecule has 0 unspecified atom stereocenters. The van der Waals surface area contributed by atoms with Crippen LogP contribution in [0, 0.1) is 5.92 Å². The van der Waals surface area contributed by atoms with E-state index in [1.807, 2.05) is 20.8 Å². The van der Waals surface area contributed by atoms with Gasteiger partial charge in [0, 0.05) is 11.8 Å². The lowest BCUT2D eigenvalue weighted by Crippen LogP contribution is -2.47. The summed E-state index contributed by atoms with van der Waals surface area (Å²) in [7, 11) is 0. The van der Waals surface area contributed by atoms with E-state index >= 15 is 0 Å². The first-order chi connectivity index (χ1) is 8.80. The topological polar surface area (TPSA) is 64.6 Å². The Morgan fingerprint density at radius 1 is 1.32 bits per heavy atom. The van der Waals surface area contributed by atoms with Crippen LogP contribution in [0.15, 0.2) is 0 Å². The van der Waals surface area contributed by atoms with E-state index in [1.165, 1.54) is 0 Å². The fraction of sp³-hybridized carbons (Fsp3) is 0.846. The lowest BCUT2D eigenvalue weighted by Gasteiger charge is -2.35. The van der Waals surface area contributed by atoms with Gasteiger partial charge in [-0.1, -0.05) is 0 Å². The maximum absolute atomic E-state index is 11.5. The van der Waals surface area contributed by atoms with Crippen molar-refractivity contribution in [3.8, 4) is 0 Å². The number of nitrogens with one attached hydrogen (secondary N) is 1. The molecule has 1 saturated carbocycles. The van der Waals surface area contributed by atoms with E-state index < -0.39 is 5.60 Å². The van der Waals surface area contributed by atoms with Gasteiger partial charge in [-0.25, -0.2) is 4.79 Å². The smallest absolute Gasteiger partial charge is 0.407 e. The second-order valence-corrected chi connectivity index (χ2v) is 6.28. The highest BCUT2D eigenvalue weighted by Crippen LogP contribution is 2.28.